The van der Waals surface area contributed by atoms with Gasteiger partial charge in [-0.2, -0.15) is 0 Å². The molecule has 0 saturated carbocycles. The number of pyridine rings is 4. The van der Waals surface area contributed by atoms with E-state index in [0.29, 0.717) is 11.8 Å². The SMILES string of the molecule is CC(C)(C)c1c[c-]c(-c2cc(C(C)(C)C)ccn2)cc1.CC(C)(C)c1c[c-]c(-c2ccc(C(C)(C)C)cn2)cc1.CCCc1c[c-]c(-c2cc(C(C)C)ccn2)cc1.Cc1cnc(-c2[c-]cc(C(C)C)cc2)cc1C.[Ir].[Ir].[Ir].[Ir]. The van der Waals surface area contributed by atoms with Crippen LogP contribution >= 0.6 is 0 Å². The minimum atomic E-state index is 0. The predicted molar refractivity (Wildman–Crippen MR) is 320 cm³/mol. The fraction of sp³-hybridized carbons (Fsp3) is 0.380. The minimum Gasteiger partial charge on any atom is -0.305 e. The summed E-state index contributed by atoms with van der Waals surface area (Å²) in [4.78, 5) is 17.9. The third kappa shape index (κ3) is 22.7. The molecule has 79 heavy (non-hydrogen) atoms. The van der Waals surface area contributed by atoms with Crippen molar-refractivity contribution in [2.45, 2.75) is 178 Å². The molecule has 4 aromatic carbocycles. The van der Waals surface area contributed by atoms with Crippen LogP contribution < -0.4 is 0 Å². The van der Waals surface area contributed by atoms with E-state index in [2.05, 4.69) is 291 Å². The number of aryl methyl sites for hydroxylation is 3. The van der Waals surface area contributed by atoms with Crippen molar-refractivity contribution < 1.29 is 80.4 Å². The summed E-state index contributed by atoms with van der Waals surface area (Å²) in [5, 5.41) is 0. The van der Waals surface area contributed by atoms with Crippen LogP contribution in [0, 0.1) is 38.1 Å². The molecule has 430 valence electrons. The topological polar surface area (TPSA) is 51.6 Å². The Labute approximate surface area is 532 Å². The molecule has 4 nitrogen and oxygen atoms in total. The summed E-state index contributed by atoms with van der Waals surface area (Å²) in [7, 11) is 0. The first kappa shape index (κ1) is 73.1. The van der Waals surface area contributed by atoms with Gasteiger partial charge in [0.15, 0.2) is 0 Å². The molecular weight excluding hydrogens is 1680 g/mol. The van der Waals surface area contributed by atoms with Crippen LogP contribution in [0.1, 0.15) is 186 Å². The van der Waals surface area contributed by atoms with Gasteiger partial charge in [-0.05, 0) is 93.0 Å². The average Bonchev–Trinajstić information content (AvgIpc) is 3.37. The molecule has 0 atom stereocenters. The minimum absolute atomic E-state index is 0. The van der Waals surface area contributed by atoms with Crippen molar-refractivity contribution in [2.75, 3.05) is 0 Å². The van der Waals surface area contributed by atoms with Crippen molar-refractivity contribution in [1.29, 1.82) is 0 Å². The van der Waals surface area contributed by atoms with Gasteiger partial charge in [0, 0.05) is 105 Å². The van der Waals surface area contributed by atoms with E-state index in [9.17, 15) is 0 Å². The molecule has 8 rings (SSSR count). The third-order valence-electron chi connectivity index (χ3n) is 13.5. The van der Waals surface area contributed by atoms with E-state index >= 15 is 0 Å². The zero-order valence-corrected chi connectivity index (χ0v) is 60.1. The first-order valence-corrected chi connectivity index (χ1v) is 27.0. The van der Waals surface area contributed by atoms with Crippen molar-refractivity contribution in [3.8, 4) is 45.0 Å². The first-order valence-electron chi connectivity index (χ1n) is 27.0. The monoisotopic (exact) mass is 1770 g/mol. The van der Waals surface area contributed by atoms with Crippen LogP contribution in [0.2, 0.25) is 0 Å². The van der Waals surface area contributed by atoms with Gasteiger partial charge in [0.2, 0.25) is 0 Å². The number of benzene rings is 4. The van der Waals surface area contributed by atoms with Crippen molar-refractivity contribution in [3.63, 3.8) is 0 Å². The van der Waals surface area contributed by atoms with Crippen LogP contribution in [0.3, 0.4) is 0 Å². The molecule has 4 aromatic heterocycles. The van der Waals surface area contributed by atoms with Gasteiger partial charge in [0.1, 0.15) is 0 Å². The van der Waals surface area contributed by atoms with Gasteiger partial charge >= 0.3 is 0 Å². The van der Waals surface area contributed by atoms with Crippen molar-refractivity contribution >= 4 is 0 Å². The van der Waals surface area contributed by atoms with Gasteiger partial charge in [-0.25, -0.2) is 0 Å². The Balaban J connectivity index is 0.000000519. The summed E-state index contributed by atoms with van der Waals surface area (Å²) in [5.41, 5.74) is 20.5. The molecule has 0 amide bonds. The molecular formula is C71H86Ir4N4-4. The van der Waals surface area contributed by atoms with Crippen LogP contribution in [0.4, 0.5) is 0 Å². The zero-order valence-electron chi connectivity index (χ0n) is 50.5. The Morgan fingerprint density at radius 3 is 1.22 bits per heavy atom. The summed E-state index contributed by atoms with van der Waals surface area (Å²) in [6.45, 7) is 41.7. The molecule has 8 aromatic rings. The Kier molecular flexibility index (Phi) is 30.2. The molecule has 0 fully saturated rings. The van der Waals surface area contributed by atoms with Crippen LogP contribution in [0.5, 0.6) is 0 Å². The number of hydrogen-bond donors (Lipinski definition) is 0. The molecule has 4 heterocycles. The van der Waals surface area contributed by atoms with Crippen LogP contribution in [0.15, 0.2) is 140 Å². The molecule has 0 aliphatic heterocycles. The number of hydrogen-bond acceptors (Lipinski definition) is 4. The quantitative estimate of drug-likeness (QED) is 0.142. The van der Waals surface area contributed by atoms with Crippen molar-refractivity contribution in [3.05, 3.63) is 214 Å². The average molecular weight is 1760 g/mol. The van der Waals surface area contributed by atoms with Crippen LogP contribution in [0.25, 0.3) is 45.0 Å². The Bertz CT molecular complexity index is 2950. The Hall–Kier alpha value is -3.92. The van der Waals surface area contributed by atoms with Gasteiger partial charge in [0.05, 0.1) is 0 Å². The Morgan fingerprint density at radius 2 is 0.810 bits per heavy atom. The molecule has 8 heteroatoms. The van der Waals surface area contributed by atoms with Gasteiger partial charge in [-0.3, -0.25) is 0 Å². The van der Waals surface area contributed by atoms with Crippen LogP contribution in [-0.2, 0) is 109 Å². The van der Waals surface area contributed by atoms with E-state index in [1.807, 2.05) is 24.8 Å². The molecule has 0 bridgehead atoms. The van der Waals surface area contributed by atoms with E-state index in [4.69, 9.17) is 0 Å². The van der Waals surface area contributed by atoms with Gasteiger partial charge in [-0.15, -0.1) is 142 Å². The summed E-state index contributed by atoms with van der Waals surface area (Å²) >= 11 is 0. The fourth-order valence-corrected chi connectivity index (χ4v) is 7.88. The maximum absolute atomic E-state index is 4.58. The van der Waals surface area contributed by atoms with Crippen molar-refractivity contribution in [1.82, 2.24) is 19.9 Å². The number of nitrogens with zero attached hydrogens (tertiary/aromatic N) is 4. The van der Waals surface area contributed by atoms with E-state index in [1.165, 1.54) is 56.5 Å². The van der Waals surface area contributed by atoms with Gasteiger partial charge in [0.25, 0.3) is 0 Å². The molecule has 0 unspecified atom stereocenters. The molecule has 0 aliphatic rings. The standard InChI is InChI=1S/2C19H24N.C17H20N.C16H18N.4Ir/c1-18(2,3)15-9-7-14(8-10-15)17-13-16(11-12-20-17)19(4,5)6;1-18(2,3)15-9-7-14(8-10-15)17-12-11-16(13-20-17)19(4,5)6;1-4-5-14-6-8-15(9-7-14)17-12-16(13(2)3)10-11-18-17;1-11(2)14-5-7-15(8-6-14)16-9-12(3)13(4)10-17-16;;;;/h2*7,9-13H,1-6H3;6-8,10-13H,4-5H2,1-3H3;5-7,9-11H,1-4H3;;;;/q4*-1;;;;. The second kappa shape index (κ2) is 32.6. The number of rotatable bonds is 8. The summed E-state index contributed by atoms with van der Waals surface area (Å²) in [6.07, 6.45) is 9.97. The summed E-state index contributed by atoms with van der Waals surface area (Å²) < 4.78 is 0. The van der Waals surface area contributed by atoms with E-state index < -0.39 is 0 Å². The maximum Gasteiger partial charge on any atom is 0.0198 e. The van der Waals surface area contributed by atoms with Gasteiger partial charge < -0.3 is 19.9 Å². The molecule has 0 N–H and O–H groups in total. The predicted octanol–water partition coefficient (Wildman–Crippen LogP) is 19.2. The molecule has 0 aliphatic carbocycles. The summed E-state index contributed by atoms with van der Waals surface area (Å²) in [6, 6.07) is 53.7. The zero-order chi connectivity index (χ0) is 55.3. The second-order valence-corrected chi connectivity index (χ2v) is 24.7. The molecule has 0 saturated heterocycles. The first-order chi connectivity index (χ1) is 35.1. The molecule has 4 radical (unpaired) electrons. The van der Waals surface area contributed by atoms with Gasteiger partial charge in [-0.1, -0.05) is 178 Å². The third-order valence-corrected chi connectivity index (χ3v) is 13.5. The van der Waals surface area contributed by atoms with E-state index in [-0.39, 0.29) is 102 Å². The fourth-order valence-electron chi connectivity index (χ4n) is 7.88. The van der Waals surface area contributed by atoms with E-state index in [0.717, 1.165) is 51.5 Å². The smallest absolute Gasteiger partial charge is 0.0198 e. The van der Waals surface area contributed by atoms with Crippen molar-refractivity contribution in [2.24, 2.45) is 0 Å². The van der Waals surface area contributed by atoms with E-state index in [1.54, 1.807) is 0 Å². The number of aromatic nitrogens is 4. The normalized spacial score (nSPS) is 11.2. The largest absolute Gasteiger partial charge is 0.305 e. The van der Waals surface area contributed by atoms with Crippen LogP contribution in [-0.4, -0.2) is 19.9 Å². The maximum atomic E-state index is 4.58. The Morgan fingerprint density at radius 1 is 0.380 bits per heavy atom. The molecule has 0 spiro atoms. The summed E-state index contributed by atoms with van der Waals surface area (Å²) in [5.74, 6) is 1.08. The second-order valence-electron chi connectivity index (χ2n) is 24.7.